The summed E-state index contributed by atoms with van der Waals surface area (Å²) < 4.78 is 16.6. The number of alkyl halides is 1. The minimum atomic E-state index is -0.998. The molecule has 0 radical (unpaired) electrons. The highest BCUT2D eigenvalue weighted by Crippen LogP contribution is 2.28. The number of Topliss-reactive ketones (excluding diaryl/α,β-unsaturated/α-hetero) is 1. The number of allylic oxidation sites excluding steroid dienone is 4. The molecule has 0 saturated heterocycles. The number of halogens is 1. The van der Waals surface area contributed by atoms with E-state index in [0.717, 1.165) is 6.08 Å². The molecule has 6 atom stereocenters. The van der Waals surface area contributed by atoms with Crippen molar-refractivity contribution in [3.05, 3.63) is 58.5 Å². The molecule has 0 aromatic heterocycles. The maximum atomic E-state index is 13.6. The molecule has 2 bridgehead atoms. The van der Waals surface area contributed by atoms with E-state index in [-0.39, 0.29) is 34.9 Å². The molecule has 1 heterocycles. The van der Waals surface area contributed by atoms with E-state index in [1.807, 2.05) is 6.92 Å². The van der Waals surface area contributed by atoms with Gasteiger partial charge in [-0.05, 0) is 38.2 Å². The van der Waals surface area contributed by atoms with Crippen molar-refractivity contribution >= 4 is 39.5 Å². The Balaban J connectivity index is 2.61. The van der Waals surface area contributed by atoms with E-state index in [1.54, 1.807) is 39.0 Å². The Morgan fingerprint density at radius 1 is 1.19 bits per heavy atom. The number of nitrogens with one attached hydrogen (secondary N) is 2. The van der Waals surface area contributed by atoms with Crippen LogP contribution in [0.1, 0.15) is 40.5 Å². The smallest absolute Gasteiger partial charge is 0.405 e. The van der Waals surface area contributed by atoms with Crippen molar-refractivity contribution in [1.29, 1.82) is 0 Å². The molecule has 11 nitrogen and oxygen atoms in total. The molecule has 0 unspecified atom stereocenters. The van der Waals surface area contributed by atoms with E-state index in [2.05, 4.69) is 26.6 Å². The van der Waals surface area contributed by atoms with Crippen molar-refractivity contribution in [1.82, 2.24) is 10.6 Å². The fraction of sp³-hybridized carbons (Fsp3) is 0.533. The minimum absolute atomic E-state index is 0.118. The van der Waals surface area contributed by atoms with Crippen LogP contribution in [0.5, 0.6) is 0 Å². The van der Waals surface area contributed by atoms with Crippen molar-refractivity contribution in [2.24, 2.45) is 17.6 Å². The summed E-state index contributed by atoms with van der Waals surface area (Å²) in [5, 5.41) is 17.4. The summed E-state index contributed by atoms with van der Waals surface area (Å²) in [6.07, 6.45) is 3.86. The first kappa shape index (κ1) is 35.1. The molecule has 1 aliphatic heterocycles. The molecule has 2 aliphatic rings. The van der Waals surface area contributed by atoms with E-state index < -0.39 is 53.9 Å². The Bertz CT molecular complexity index is 1190. The minimum Gasteiger partial charge on any atom is -0.439 e. The summed E-state index contributed by atoms with van der Waals surface area (Å²) in [5.41, 5.74) is 6.52. The first-order valence-electron chi connectivity index (χ1n) is 13.7. The van der Waals surface area contributed by atoms with Crippen LogP contribution in [0.3, 0.4) is 0 Å². The lowest BCUT2D eigenvalue weighted by molar-refractivity contribution is -0.120. The van der Waals surface area contributed by atoms with Gasteiger partial charge in [0.15, 0.2) is 6.10 Å². The summed E-state index contributed by atoms with van der Waals surface area (Å²) in [6, 6.07) is 0. The standard InChI is InChI=1S/C30H42BrN3O8/c1-16-12-20-25(33-11-10-31)22(35)15-21(27(20)37)34-29(38)17(2)8-7-9-23(40-5)28(42-30(32)39)19(4)14-18(3)26(36)24(13-16)41-6/h7-9,14-16,18,23-24,26,28,33,36H,10-13H2,1-6H3,(H2,32,39)(H,34,38)/b9-7-,17-8+,19-14+/t16-,18+,23+,24+,26-,28+/m1/s1. The van der Waals surface area contributed by atoms with Crippen molar-refractivity contribution < 1.29 is 38.5 Å². The number of methoxy groups -OCH3 is 2. The highest BCUT2D eigenvalue weighted by atomic mass is 79.9. The number of amides is 2. The van der Waals surface area contributed by atoms with E-state index in [1.165, 1.54) is 20.3 Å². The zero-order valence-corrected chi connectivity index (χ0v) is 26.5. The molecule has 12 heteroatoms. The van der Waals surface area contributed by atoms with Gasteiger partial charge in [0, 0.05) is 49.2 Å². The fourth-order valence-corrected chi connectivity index (χ4v) is 5.15. The SMILES string of the molecule is CO[C@H]1/C=C\C=C(/C)C(=O)NC2=CC(=O)C(NCCBr)=C(C[C@@H](C)C[C@H](OC)[C@H](O)[C@@H](C)/C=C(\C)[C@@H]1OC(N)=O)C2=O. The van der Waals surface area contributed by atoms with Crippen LogP contribution in [-0.4, -0.2) is 79.2 Å². The number of aliphatic hydroxyl groups is 1. The predicted octanol–water partition coefficient (Wildman–Crippen LogP) is 2.75. The van der Waals surface area contributed by atoms with Crippen molar-refractivity contribution in [2.45, 2.75) is 65.0 Å². The van der Waals surface area contributed by atoms with Gasteiger partial charge in [-0.1, -0.05) is 54.1 Å². The molecule has 42 heavy (non-hydrogen) atoms. The number of primary amides is 1. The summed E-state index contributed by atoms with van der Waals surface area (Å²) in [6.45, 7) is 7.41. The molecule has 0 spiro atoms. The molecular formula is C30H42BrN3O8. The third-order valence-electron chi connectivity index (χ3n) is 7.19. The summed E-state index contributed by atoms with van der Waals surface area (Å²) in [5.74, 6) is -2.07. The second-order valence-electron chi connectivity index (χ2n) is 10.5. The van der Waals surface area contributed by atoms with Crippen molar-refractivity contribution in [3.63, 3.8) is 0 Å². The van der Waals surface area contributed by atoms with Crippen LogP contribution < -0.4 is 16.4 Å². The number of carbonyl (C=O) groups excluding carboxylic acids is 4. The Hall–Kier alpha value is -3.06. The maximum Gasteiger partial charge on any atom is 0.405 e. The average Bonchev–Trinajstić information content (AvgIpc) is 2.94. The normalized spacial score (nSPS) is 31.7. The van der Waals surface area contributed by atoms with E-state index in [0.29, 0.717) is 23.9 Å². The Kier molecular flexibility index (Phi) is 13.8. The van der Waals surface area contributed by atoms with Gasteiger partial charge in [0.25, 0.3) is 5.91 Å². The number of aliphatic hydroxyl groups excluding tert-OH is 1. The van der Waals surface area contributed by atoms with Gasteiger partial charge < -0.3 is 35.7 Å². The van der Waals surface area contributed by atoms with Gasteiger partial charge >= 0.3 is 6.09 Å². The molecule has 1 aliphatic carbocycles. The van der Waals surface area contributed by atoms with E-state index >= 15 is 0 Å². The number of rotatable bonds is 6. The number of hydrogen-bond donors (Lipinski definition) is 4. The highest BCUT2D eigenvalue weighted by Gasteiger charge is 2.33. The quantitative estimate of drug-likeness (QED) is 0.192. The molecule has 2 amide bonds. The third-order valence-corrected chi connectivity index (χ3v) is 7.59. The van der Waals surface area contributed by atoms with Crippen LogP contribution in [0.15, 0.2) is 58.5 Å². The number of hydrogen-bond acceptors (Lipinski definition) is 9. The molecule has 2 rings (SSSR count). The lowest BCUT2D eigenvalue weighted by Gasteiger charge is -2.30. The maximum absolute atomic E-state index is 13.6. The van der Waals surface area contributed by atoms with E-state index in [4.69, 9.17) is 19.9 Å². The molecule has 5 N–H and O–H groups in total. The lowest BCUT2D eigenvalue weighted by atomic mass is 9.85. The zero-order valence-electron chi connectivity index (χ0n) is 24.9. The number of ketones is 2. The Morgan fingerprint density at radius 2 is 1.88 bits per heavy atom. The third kappa shape index (κ3) is 9.48. The molecule has 0 aromatic rings. The van der Waals surface area contributed by atoms with E-state index in [9.17, 15) is 24.3 Å². The topological polar surface area (TPSA) is 166 Å². The Labute approximate surface area is 255 Å². The van der Waals surface area contributed by atoms with Crippen LogP contribution in [0.4, 0.5) is 4.79 Å². The number of nitrogens with two attached hydrogens (primary N) is 1. The monoisotopic (exact) mass is 651 g/mol. The zero-order chi connectivity index (χ0) is 31.6. The predicted molar refractivity (Wildman–Crippen MR) is 161 cm³/mol. The number of carbonyl (C=O) groups is 4. The average molecular weight is 653 g/mol. The van der Waals surface area contributed by atoms with Gasteiger partial charge in [0.1, 0.15) is 6.10 Å². The molecule has 0 saturated carbocycles. The number of fused-ring (bicyclic) bond motifs is 2. The summed E-state index contributed by atoms with van der Waals surface area (Å²) in [7, 11) is 2.93. The molecule has 232 valence electrons. The van der Waals surface area contributed by atoms with Crippen molar-refractivity contribution in [3.8, 4) is 0 Å². The van der Waals surface area contributed by atoms with Crippen LogP contribution in [-0.2, 0) is 28.6 Å². The fourth-order valence-electron chi connectivity index (χ4n) is 4.95. The molecule has 0 fully saturated rings. The first-order chi connectivity index (χ1) is 19.8. The highest BCUT2D eigenvalue weighted by molar-refractivity contribution is 9.09. The van der Waals surface area contributed by atoms with Crippen LogP contribution in [0, 0.1) is 11.8 Å². The largest absolute Gasteiger partial charge is 0.439 e. The molecular weight excluding hydrogens is 610 g/mol. The first-order valence-corrected chi connectivity index (χ1v) is 14.8. The van der Waals surface area contributed by atoms with Crippen LogP contribution in [0.2, 0.25) is 0 Å². The molecule has 0 aromatic carbocycles. The van der Waals surface area contributed by atoms with Crippen LogP contribution >= 0.6 is 15.9 Å². The second kappa shape index (κ2) is 16.5. The van der Waals surface area contributed by atoms with Gasteiger partial charge in [-0.2, -0.15) is 0 Å². The summed E-state index contributed by atoms with van der Waals surface area (Å²) >= 11 is 3.33. The van der Waals surface area contributed by atoms with Gasteiger partial charge in [-0.3, -0.25) is 14.4 Å². The van der Waals surface area contributed by atoms with Gasteiger partial charge in [-0.25, -0.2) is 4.79 Å². The number of ether oxygens (including phenoxy) is 3. The van der Waals surface area contributed by atoms with Gasteiger partial charge in [0.05, 0.1) is 23.6 Å². The second-order valence-corrected chi connectivity index (χ2v) is 11.3. The van der Waals surface area contributed by atoms with Crippen molar-refractivity contribution in [2.75, 3.05) is 26.1 Å². The van der Waals surface area contributed by atoms with Crippen LogP contribution in [0.25, 0.3) is 0 Å². The van der Waals surface area contributed by atoms with Gasteiger partial charge in [-0.15, -0.1) is 0 Å². The Morgan fingerprint density at radius 3 is 2.48 bits per heavy atom. The lowest BCUT2D eigenvalue weighted by Crippen LogP contribution is -2.38. The van der Waals surface area contributed by atoms with Gasteiger partial charge in [0.2, 0.25) is 11.6 Å². The summed E-state index contributed by atoms with van der Waals surface area (Å²) in [4.78, 5) is 51.3.